The summed E-state index contributed by atoms with van der Waals surface area (Å²) < 4.78 is 35.9. The first-order chi connectivity index (χ1) is 5.99. The van der Waals surface area contributed by atoms with Gasteiger partial charge in [0.2, 0.25) is 0 Å². The summed E-state index contributed by atoms with van der Waals surface area (Å²) in [4.78, 5) is 3.72. The van der Waals surface area contributed by atoms with Gasteiger partial charge in [0.15, 0.2) is 0 Å². The highest BCUT2D eigenvalue weighted by Crippen LogP contribution is 2.22. The number of halogens is 4. The van der Waals surface area contributed by atoms with Gasteiger partial charge >= 0.3 is 6.18 Å². The van der Waals surface area contributed by atoms with Crippen LogP contribution in [0.25, 0.3) is 0 Å². The van der Waals surface area contributed by atoms with Crippen LogP contribution in [0.2, 0.25) is 0 Å². The number of aromatic nitrogens is 1. The summed E-state index contributed by atoms with van der Waals surface area (Å²) in [6, 6.07) is 1.47. The van der Waals surface area contributed by atoms with Crippen LogP contribution in [0.15, 0.2) is 22.9 Å². The van der Waals surface area contributed by atoms with Gasteiger partial charge in [0.25, 0.3) is 0 Å². The van der Waals surface area contributed by atoms with Crippen LogP contribution in [-0.4, -0.2) is 17.7 Å². The molecular formula is C7H6BrF3N2. The summed E-state index contributed by atoms with van der Waals surface area (Å²) in [5, 5.41) is 2.24. The van der Waals surface area contributed by atoms with Crippen LogP contribution >= 0.6 is 15.9 Å². The van der Waals surface area contributed by atoms with Crippen LogP contribution in [0.4, 0.5) is 18.9 Å². The molecule has 0 saturated heterocycles. The minimum atomic E-state index is -4.21. The third-order valence-electron chi connectivity index (χ3n) is 1.25. The quantitative estimate of drug-likeness (QED) is 0.878. The number of nitrogens with one attached hydrogen (secondary N) is 1. The summed E-state index contributed by atoms with van der Waals surface area (Å²) in [6.45, 7) is -1.05. The molecule has 72 valence electrons. The lowest BCUT2D eigenvalue weighted by Gasteiger charge is -2.09. The van der Waals surface area contributed by atoms with Crippen molar-refractivity contribution in [3.05, 3.63) is 22.9 Å². The average Bonchev–Trinajstić information content (AvgIpc) is 2.01. The van der Waals surface area contributed by atoms with E-state index in [1.807, 2.05) is 0 Å². The first kappa shape index (κ1) is 10.3. The van der Waals surface area contributed by atoms with Gasteiger partial charge in [0, 0.05) is 12.4 Å². The smallest absolute Gasteiger partial charge is 0.375 e. The number of anilines is 1. The Balaban J connectivity index is 2.60. The Labute approximate surface area is 81.3 Å². The minimum absolute atomic E-state index is 0.382. The molecule has 2 nitrogen and oxygen atoms in total. The van der Waals surface area contributed by atoms with Crippen LogP contribution in [-0.2, 0) is 0 Å². The molecule has 0 saturated carbocycles. The molecule has 0 atom stereocenters. The maximum atomic E-state index is 11.8. The van der Waals surface area contributed by atoms with Crippen LogP contribution in [0.1, 0.15) is 0 Å². The minimum Gasteiger partial charge on any atom is -0.375 e. The fourth-order valence-corrected chi connectivity index (χ4v) is 1.10. The zero-order chi connectivity index (χ0) is 9.90. The zero-order valence-corrected chi connectivity index (χ0v) is 7.98. The summed E-state index contributed by atoms with van der Waals surface area (Å²) >= 11 is 3.07. The van der Waals surface area contributed by atoms with Crippen LogP contribution < -0.4 is 5.32 Å². The summed E-state index contributed by atoms with van der Waals surface area (Å²) in [5.74, 6) is 0. The molecule has 0 fully saturated rings. The van der Waals surface area contributed by atoms with Gasteiger partial charge in [-0.25, -0.2) is 0 Å². The molecule has 1 heterocycles. The van der Waals surface area contributed by atoms with E-state index in [1.54, 1.807) is 0 Å². The maximum Gasteiger partial charge on any atom is 0.405 e. The van der Waals surface area contributed by atoms with E-state index in [4.69, 9.17) is 0 Å². The number of hydrogen-bond acceptors (Lipinski definition) is 2. The predicted molar refractivity (Wildman–Crippen MR) is 46.5 cm³/mol. The molecule has 0 aliphatic heterocycles. The Bertz CT molecular complexity index is 287. The molecule has 1 aromatic heterocycles. The number of rotatable bonds is 2. The number of alkyl halides is 3. The Kier molecular flexibility index (Phi) is 3.13. The van der Waals surface area contributed by atoms with Crippen molar-refractivity contribution in [2.24, 2.45) is 0 Å². The van der Waals surface area contributed by atoms with Gasteiger partial charge in [-0.3, -0.25) is 4.98 Å². The molecule has 0 aliphatic carbocycles. The van der Waals surface area contributed by atoms with Crippen LogP contribution in [0.3, 0.4) is 0 Å². The fourth-order valence-electron chi connectivity index (χ4n) is 0.714. The monoisotopic (exact) mass is 254 g/mol. The van der Waals surface area contributed by atoms with E-state index in [2.05, 4.69) is 26.2 Å². The second-order valence-electron chi connectivity index (χ2n) is 2.32. The first-order valence-electron chi connectivity index (χ1n) is 3.39. The topological polar surface area (TPSA) is 24.9 Å². The van der Waals surface area contributed by atoms with Crippen LogP contribution in [0.5, 0.6) is 0 Å². The molecule has 6 heteroatoms. The molecule has 1 aromatic rings. The standard InChI is InChI=1S/C7H6BrF3N2/c8-5-3-12-2-1-6(5)13-4-7(9,10)11/h1-3H,4H2,(H,12,13). The number of nitrogens with zero attached hydrogens (tertiary/aromatic N) is 1. The molecule has 0 spiro atoms. The average molecular weight is 255 g/mol. The van der Waals surface area contributed by atoms with E-state index in [0.29, 0.717) is 10.2 Å². The molecule has 0 bridgehead atoms. The molecule has 0 aromatic carbocycles. The molecule has 1 rings (SSSR count). The van der Waals surface area contributed by atoms with Crippen molar-refractivity contribution in [1.29, 1.82) is 0 Å². The molecule has 13 heavy (non-hydrogen) atoms. The molecule has 0 amide bonds. The zero-order valence-electron chi connectivity index (χ0n) is 6.40. The lowest BCUT2D eigenvalue weighted by molar-refractivity contribution is -0.115. The highest BCUT2D eigenvalue weighted by Gasteiger charge is 2.26. The highest BCUT2D eigenvalue weighted by molar-refractivity contribution is 9.10. The largest absolute Gasteiger partial charge is 0.405 e. The van der Waals surface area contributed by atoms with E-state index >= 15 is 0 Å². The van der Waals surface area contributed by atoms with Crippen molar-refractivity contribution in [3.63, 3.8) is 0 Å². The molecule has 1 N–H and O–H groups in total. The van der Waals surface area contributed by atoms with Gasteiger partial charge in [-0.1, -0.05) is 0 Å². The molecule has 0 unspecified atom stereocenters. The summed E-state index contributed by atoms with van der Waals surface area (Å²) in [6.07, 6.45) is -1.36. The molecule has 0 aliphatic rings. The SMILES string of the molecule is FC(F)(F)CNc1ccncc1Br. The second-order valence-corrected chi connectivity index (χ2v) is 3.18. The first-order valence-corrected chi connectivity index (χ1v) is 4.18. The fraction of sp³-hybridized carbons (Fsp3) is 0.286. The Morgan fingerprint density at radius 1 is 1.46 bits per heavy atom. The highest BCUT2D eigenvalue weighted by atomic mass is 79.9. The third kappa shape index (κ3) is 3.63. The molecular weight excluding hydrogens is 249 g/mol. The third-order valence-corrected chi connectivity index (χ3v) is 1.88. The molecule has 0 radical (unpaired) electrons. The summed E-state index contributed by atoms with van der Waals surface area (Å²) in [5.41, 5.74) is 0.382. The van der Waals surface area contributed by atoms with Gasteiger partial charge < -0.3 is 5.32 Å². The van der Waals surface area contributed by atoms with Gasteiger partial charge in [-0.2, -0.15) is 13.2 Å². The number of pyridine rings is 1. The van der Waals surface area contributed by atoms with Crippen molar-refractivity contribution in [3.8, 4) is 0 Å². The normalized spacial score (nSPS) is 11.4. The predicted octanol–water partition coefficient (Wildman–Crippen LogP) is 2.82. The summed E-state index contributed by atoms with van der Waals surface area (Å²) in [7, 11) is 0. The second kappa shape index (κ2) is 3.95. The van der Waals surface area contributed by atoms with E-state index in [0.717, 1.165) is 0 Å². The van der Waals surface area contributed by atoms with Crippen molar-refractivity contribution < 1.29 is 13.2 Å². The van der Waals surface area contributed by atoms with E-state index in [1.165, 1.54) is 18.5 Å². The Morgan fingerprint density at radius 2 is 2.15 bits per heavy atom. The van der Waals surface area contributed by atoms with E-state index in [-0.39, 0.29) is 0 Å². The van der Waals surface area contributed by atoms with Crippen molar-refractivity contribution in [1.82, 2.24) is 4.98 Å². The Hall–Kier alpha value is -0.780. The van der Waals surface area contributed by atoms with E-state index in [9.17, 15) is 13.2 Å². The van der Waals surface area contributed by atoms with Gasteiger partial charge in [0.05, 0.1) is 10.2 Å². The van der Waals surface area contributed by atoms with Crippen LogP contribution in [0, 0.1) is 0 Å². The number of hydrogen-bond donors (Lipinski definition) is 1. The Morgan fingerprint density at radius 3 is 2.69 bits per heavy atom. The lowest BCUT2D eigenvalue weighted by Crippen LogP contribution is -2.21. The van der Waals surface area contributed by atoms with Crippen molar-refractivity contribution in [2.45, 2.75) is 6.18 Å². The van der Waals surface area contributed by atoms with E-state index < -0.39 is 12.7 Å². The maximum absolute atomic E-state index is 11.8. The lowest BCUT2D eigenvalue weighted by atomic mass is 10.4. The van der Waals surface area contributed by atoms with Crippen molar-refractivity contribution in [2.75, 3.05) is 11.9 Å². The van der Waals surface area contributed by atoms with Gasteiger partial charge in [0.1, 0.15) is 6.54 Å². The van der Waals surface area contributed by atoms with Crippen molar-refractivity contribution >= 4 is 21.6 Å². The van der Waals surface area contributed by atoms with Gasteiger partial charge in [-0.15, -0.1) is 0 Å². The van der Waals surface area contributed by atoms with Gasteiger partial charge in [-0.05, 0) is 22.0 Å².